The highest BCUT2D eigenvalue weighted by atomic mass is 16.5. The van der Waals surface area contributed by atoms with E-state index in [0.29, 0.717) is 12.0 Å². The number of benzene rings is 2. The number of hydrogen-bond acceptors (Lipinski definition) is 2. The Kier molecular flexibility index (Phi) is 4.32. The van der Waals surface area contributed by atoms with E-state index in [-0.39, 0.29) is 0 Å². The number of amidine groups is 1. The van der Waals surface area contributed by atoms with Crippen molar-refractivity contribution >= 4 is 11.7 Å². The van der Waals surface area contributed by atoms with Gasteiger partial charge in [-0.15, -0.1) is 0 Å². The number of fused-ring (bicyclic) bond motifs is 1. The second kappa shape index (κ2) is 6.91. The van der Waals surface area contributed by atoms with Gasteiger partial charge in [0.15, 0.2) is 0 Å². The number of para-hydroxylation sites is 1. The van der Waals surface area contributed by atoms with Gasteiger partial charge >= 0.3 is 0 Å². The number of ether oxygens (including phenoxy) is 1. The fraction of sp³-hybridized carbons (Fsp3) is 0.286. The predicted octanol–water partition coefficient (Wildman–Crippen LogP) is 4.54. The van der Waals surface area contributed by atoms with E-state index in [0.717, 1.165) is 37.7 Å². The van der Waals surface area contributed by atoms with Crippen LogP contribution in [0.15, 0.2) is 77.8 Å². The molecule has 0 aromatic heterocycles. The van der Waals surface area contributed by atoms with Gasteiger partial charge in [0.05, 0.1) is 12.3 Å². The lowest BCUT2D eigenvalue weighted by Gasteiger charge is -2.43. The van der Waals surface area contributed by atoms with Gasteiger partial charge in [-0.1, -0.05) is 60.7 Å². The van der Waals surface area contributed by atoms with E-state index in [9.17, 15) is 0 Å². The van der Waals surface area contributed by atoms with Gasteiger partial charge < -0.3 is 9.64 Å². The van der Waals surface area contributed by atoms with Crippen LogP contribution in [0.2, 0.25) is 0 Å². The lowest BCUT2D eigenvalue weighted by Crippen LogP contribution is -2.51. The highest BCUT2D eigenvalue weighted by Gasteiger charge is 2.36. The van der Waals surface area contributed by atoms with Crippen molar-refractivity contribution in [1.82, 2.24) is 4.90 Å². The molecule has 0 spiro atoms. The Morgan fingerprint density at radius 1 is 0.917 bits per heavy atom. The second-order valence-corrected chi connectivity index (χ2v) is 6.42. The van der Waals surface area contributed by atoms with Crippen LogP contribution in [0.1, 0.15) is 18.4 Å². The first-order valence-electron chi connectivity index (χ1n) is 8.62. The predicted molar refractivity (Wildman–Crippen MR) is 97.1 cm³/mol. The van der Waals surface area contributed by atoms with Crippen LogP contribution in [0.5, 0.6) is 0 Å². The maximum Gasteiger partial charge on any atom is 0.293 e. The van der Waals surface area contributed by atoms with Crippen LogP contribution in [0.3, 0.4) is 0 Å². The number of hydrogen-bond donors (Lipinski definition) is 0. The minimum Gasteiger partial charge on any atom is -0.464 e. The smallest absolute Gasteiger partial charge is 0.293 e. The molecular formula is C21H22N2O. The zero-order valence-corrected chi connectivity index (χ0v) is 13.7. The summed E-state index contributed by atoms with van der Waals surface area (Å²) in [4.78, 5) is 7.13. The van der Waals surface area contributed by atoms with Crippen LogP contribution in [0.4, 0.5) is 5.69 Å². The van der Waals surface area contributed by atoms with Gasteiger partial charge in [-0.2, -0.15) is 4.99 Å². The highest BCUT2D eigenvalue weighted by Crippen LogP contribution is 2.31. The molecule has 0 amide bonds. The molecule has 0 bridgehead atoms. The van der Waals surface area contributed by atoms with Gasteiger partial charge in [-0.25, -0.2) is 0 Å². The monoisotopic (exact) mass is 318 g/mol. The first-order valence-corrected chi connectivity index (χ1v) is 8.62. The molecule has 1 heterocycles. The Labute approximate surface area is 143 Å². The standard InChI is InChI=1S/C21H22N2O/c1-3-9-17(10-4-1)15-23-20-14-8-7-11-18(20)16-24-21(23)22-19-12-5-2-6-13-19/h1-10,12-13,18,20H,11,14-16H2/t18-,20-/m1/s1. The number of nitrogens with zero attached hydrogens (tertiary/aromatic N) is 2. The van der Waals surface area contributed by atoms with Crippen LogP contribution in [-0.4, -0.2) is 23.6 Å². The van der Waals surface area contributed by atoms with Gasteiger partial charge in [0, 0.05) is 18.5 Å². The zero-order valence-electron chi connectivity index (χ0n) is 13.7. The summed E-state index contributed by atoms with van der Waals surface area (Å²) in [6.45, 7) is 1.59. The third kappa shape index (κ3) is 3.21. The molecule has 4 rings (SSSR count). The Hall–Kier alpha value is -2.55. The van der Waals surface area contributed by atoms with Gasteiger partial charge in [-0.3, -0.25) is 0 Å². The van der Waals surface area contributed by atoms with Gasteiger partial charge in [-0.05, 0) is 30.5 Å². The van der Waals surface area contributed by atoms with Crippen LogP contribution in [0.25, 0.3) is 0 Å². The molecule has 1 aliphatic carbocycles. The Morgan fingerprint density at radius 3 is 2.42 bits per heavy atom. The number of allylic oxidation sites excluding steroid dienone is 1. The topological polar surface area (TPSA) is 24.8 Å². The summed E-state index contributed by atoms with van der Waals surface area (Å²) in [5.41, 5.74) is 2.23. The molecule has 0 unspecified atom stereocenters. The van der Waals surface area contributed by atoms with Crippen LogP contribution in [0, 0.1) is 5.92 Å². The normalized spacial score (nSPS) is 24.5. The summed E-state index contributed by atoms with van der Waals surface area (Å²) in [6, 6.07) is 21.9. The molecule has 3 nitrogen and oxygen atoms in total. The summed E-state index contributed by atoms with van der Waals surface area (Å²) in [5.74, 6) is 0.549. The molecule has 1 fully saturated rings. The van der Waals surface area contributed by atoms with Crippen molar-refractivity contribution in [3.8, 4) is 0 Å². The van der Waals surface area contributed by atoms with E-state index < -0.39 is 0 Å². The Balaban J connectivity index is 1.66. The quantitative estimate of drug-likeness (QED) is 0.776. The lowest BCUT2D eigenvalue weighted by molar-refractivity contribution is 0.0600. The fourth-order valence-corrected chi connectivity index (χ4v) is 3.50. The van der Waals surface area contributed by atoms with Crippen molar-refractivity contribution < 1.29 is 4.74 Å². The van der Waals surface area contributed by atoms with E-state index >= 15 is 0 Å². The minimum absolute atomic E-state index is 0.464. The van der Waals surface area contributed by atoms with Crippen molar-refractivity contribution in [3.63, 3.8) is 0 Å². The van der Waals surface area contributed by atoms with Crippen molar-refractivity contribution in [2.24, 2.45) is 10.9 Å². The van der Waals surface area contributed by atoms with Crippen LogP contribution >= 0.6 is 0 Å². The fourth-order valence-electron chi connectivity index (χ4n) is 3.50. The van der Waals surface area contributed by atoms with Gasteiger partial charge in [0.25, 0.3) is 6.02 Å². The maximum absolute atomic E-state index is 6.08. The molecule has 2 aliphatic rings. The molecule has 2 aromatic rings. The van der Waals surface area contributed by atoms with Crippen molar-refractivity contribution in [2.75, 3.05) is 6.61 Å². The van der Waals surface area contributed by atoms with E-state index in [1.165, 1.54) is 5.56 Å². The summed E-state index contributed by atoms with van der Waals surface area (Å²) >= 11 is 0. The molecule has 0 N–H and O–H groups in total. The third-order valence-corrected chi connectivity index (χ3v) is 4.78. The van der Waals surface area contributed by atoms with Crippen LogP contribution < -0.4 is 0 Å². The van der Waals surface area contributed by atoms with E-state index in [1.807, 2.05) is 30.3 Å². The third-order valence-electron chi connectivity index (χ3n) is 4.78. The van der Waals surface area contributed by atoms with E-state index in [4.69, 9.17) is 9.73 Å². The lowest BCUT2D eigenvalue weighted by atomic mass is 9.87. The molecule has 2 aromatic carbocycles. The molecule has 1 aliphatic heterocycles. The van der Waals surface area contributed by atoms with E-state index in [2.05, 4.69) is 47.4 Å². The Bertz CT molecular complexity index is 724. The molecule has 1 saturated heterocycles. The molecule has 0 radical (unpaired) electrons. The summed E-state index contributed by atoms with van der Waals surface area (Å²) in [7, 11) is 0. The Morgan fingerprint density at radius 2 is 1.62 bits per heavy atom. The van der Waals surface area contributed by atoms with Gasteiger partial charge in [0.2, 0.25) is 0 Å². The second-order valence-electron chi connectivity index (χ2n) is 6.42. The zero-order chi connectivity index (χ0) is 16.2. The average Bonchev–Trinajstić information content (AvgIpc) is 2.65. The number of rotatable bonds is 3. The van der Waals surface area contributed by atoms with Crippen molar-refractivity contribution in [3.05, 3.63) is 78.4 Å². The van der Waals surface area contributed by atoms with Gasteiger partial charge in [0.1, 0.15) is 0 Å². The van der Waals surface area contributed by atoms with E-state index in [1.54, 1.807) is 0 Å². The first-order chi connectivity index (χ1) is 11.9. The average molecular weight is 318 g/mol. The largest absolute Gasteiger partial charge is 0.464 e. The molecular weight excluding hydrogens is 296 g/mol. The molecule has 2 atom stereocenters. The summed E-state index contributed by atoms with van der Waals surface area (Å²) in [5, 5.41) is 0. The molecule has 0 saturated carbocycles. The maximum atomic E-state index is 6.08. The summed E-state index contributed by atoms with van der Waals surface area (Å²) in [6.07, 6.45) is 6.73. The minimum atomic E-state index is 0.464. The highest BCUT2D eigenvalue weighted by molar-refractivity contribution is 5.78. The molecule has 122 valence electrons. The van der Waals surface area contributed by atoms with Crippen molar-refractivity contribution in [2.45, 2.75) is 25.4 Å². The van der Waals surface area contributed by atoms with Crippen LogP contribution in [-0.2, 0) is 11.3 Å². The summed E-state index contributed by atoms with van der Waals surface area (Å²) < 4.78 is 6.08. The number of aliphatic imine (C=N–C) groups is 1. The molecule has 3 heteroatoms. The SMILES string of the molecule is C1=CC[C@@H]2[C@H](C1)COC(=Nc1ccccc1)N2Cc1ccccc1. The van der Waals surface area contributed by atoms with Crippen molar-refractivity contribution in [1.29, 1.82) is 0 Å². The molecule has 24 heavy (non-hydrogen) atoms. The first kappa shape index (κ1) is 15.0.